The number of hydrazone groups is 1. The third-order valence-electron chi connectivity index (χ3n) is 5.71. The molecule has 0 atom stereocenters. The average molecular weight is 377 g/mol. The number of nitrogens with one attached hydrogen (secondary N) is 2. The largest absolute Gasteiger partial charge is 0.358 e. The molecule has 2 aliphatic rings. The van der Waals surface area contributed by atoms with Gasteiger partial charge >= 0.3 is 0 Å². The molecule has 0 radical (unpaired) electrons. The Morgan fingerprint density at radius 1 is 1.21 bits per heavy atom. The first-order valence-electron chi connectivity index (χ1n) is 10.2. The molecule has 6 nitrogen and oxygen atoms in total. The van der Waals surface area contributed by atoms with E-state index in [-0.39, 0.29) is 5.91 Å². The van der Waals surface area contributed by atoms with Gasteiger partial charge in [0.2, 0.25) is 0 Å². The van der Waals surface area contributed by atoms with Crippen molar-refractivity contribution in [2.45, 2.75) is 46.1 Å². The molecule has 0 saturated carbocycles. The Balaban J connectivity index is 1.76. The fourth-order valence-electron chi connectivity index (χ4n) is 4.09. The average Bonchev–Trinajstić information content (AvgIpc) is 3.27. The number of carbonyl (C=O) groups is 1. The summed E-state index contributed by atoms with van der Waals surface area (Å²) < 4.78 is 0. The van der Waals surface area contributed by atoms with Crippen LogP contribution in [-0.4, -0.2) is 39.6 Å². The molecule has 1 aliphatic carbocycles. The van der Waals surface area contributed by atoms with Crippen molar-refractivity contribution in [2.75, 3.05) is 13.1 Å². The summed E-state index contributed by atoms with van der Waals surface area (Å²) in [5, 5.41) is 4.25. The highest BCUT2D eigenvalue weighted by Gasteiger charge is 2.26. The molecule has 28 heavy (non-hydrogen) atoms. The number of amides is 1. The van der Waals surface area contributed by atoms with Gasteiger partial charge in [0.1, 0.15) is 5.71 Å². The van der Waals surface area contributed by atoms with Gasteiger partial charge in [0.15, 0.2) is 0 Å². The van der Waals surface area contributed by atoms with Gasteiger partial charge in [-0.05, 0) is 68.1 Å². The maximum atomic E-state index is 12.5. The number of pyridine rings is 1. The molecule has 0 saturated heterocycles. The fraction of sp³-hybridized carbons (Fsp3) is 0.409. The van der Waals surface area contributed by atoms with E-state index in [1.807, 2.05) is 18.2 Å². The van der Waals surface area contributed by atoms with Crippen molar-refractivity contribution in [3.8, 4) is 0 Å². The molecule has 0 spiro atoms. The van der Waals surface area contributed by atoms with Crippen LogP contribution < -0.4 is 5.43 Å². The van der Waals surface area contributed by atoms with Gasteiger partial charge in [-0.25, -0.2) is 5.43 Å². The number of H-pyrrole nitrogens is 1. The van der Waals surface area contributed by atoms with Crippen LogP contribution in [-0.2, 0) is 24.2 Å². The minimum atomic E-state index is -0.166. The number of carbonyl (C=O) groups excluding carboxylic acids is 1. The zero-order valence-electron chi connectivity index (χ0n) is 16.6. The van der Waals surface area contributed by atoms with Crippen LogP contribution in [0.25, 0.3) is 6.08 Å². The SMILES string of the molecule is CCN(CC)Cc1c(/C=C2/C(=O)NN=C2c2cccnc2)[nH]c2c1CCCC2. The summed E-state index contributed by atoms with van der Waals surface area (Å²) in [4.78, 5) is 22.7. The van der Waals surface area contributed by atoms with Crippen molar-refractivity contribution in [1.29, 1.82) is 0 Å². The van der Waals surface area contributed by atoms with Crippen LogP contribution in [0.4, 0.5) is 0 Å². The van der Waals surface area contributed by atoms with Gasteiger partial charge < -0.3 is 4.98 Å². The third-order valence-corrected chi connectivity index (χ3v) is 5.71. The van der Waals surface area contributed by atoms with Crippen LogP contribution in [0.3, 0.4) is 0 Å². The lowest BCUT2D eigenvalue weighted by Gasteiger charge is -2.20. The maximum Gasteiger partial charge on any atom is 0.273 e. The van der Waals surface area contributed by atoms with Crippen LogP contribution in [0.2, 0.25) is 0 Å². The summed E-state index contributed by atoms with van der Waals surface area (Å²) in [6, 6.07) is 3.79. The Morgan fingerprint density at radius 3 is 2.79 bits per heavy atom. The first kappa shape index (κ1) is 18.6. The van der Waals surface area contributed by atoms with Gasteiger partial charge in [-0.3, -0.25) is 14.7 Å². The smallest absolute Gasteiger partial charge is 0.273 e. The number of hydrogen-bond donors (Lipinski definition) is 2. The van der Waals surface area contributed by atoms with Crippen LogP contribution >= 0.6 is 0 Å². The summed E-state index contributed by atoms with van der Waals surface area (Å²) in [5.74, 6) is -0.166. The maximum absolute atomic E-state index is 12.5. The molecule has 0 fully saturated rings. The molecule has 1 aliphatic heterocycles. The Morgan fingerprint density at radius 2 is 2.04 bits per heavy atom. The van der Waals surface area contributed by atoms with Crippen LogP contribution in [0, 0.1) is 0 Å². The second-order valence-electron chi connectivity index (χ2n) is 7.34. The number of rotatable bonds is 6. The van der Waals surface area contributed by atoms with E-state index in [1.54, 1.807) is 12.4 Å². The van der Waals surface area contributed by atoms with Crippen molar-refractivity contribution in [1.82, 2.24) is 20.3 Å². The summed E-state index contributed by atoms with van der Waals surface area (Å²) in [7, 11) is 0. The van der Waals surface area contributed by atoms with Gasteiger partial charge in [-0.1, -0.05) is 13.8 Å². The van der Waals surface area contributed by atoms with Gasteiger partial charge in [0, 0.05) is 35.9 Å². The van der Waals surface area contributed by atoms with Gasteiger partial charge in [0.05, 0.1) is 5.57 Å². The summed E-state index contributed by atoms with van der Waals surface area (Å²) >= 11 is 0. The number of aromatic nitrogens is 2. The summed E-state index contributed by atoms with van der Waals surface area (Å²) in [5.41, 5.74) is 9.85. The molecule has 146 valence electrons. The molecule has 0 aromatic carbocycles. The van der Waals surface area contributed by atoms with Gasteiger partial charge in [-0.2, -0.15) is 5.10 Å². The molecule has 1 amide bonds. The van der Waals surface area contributed by atoms with Crippen molar-refractivity contribution < 1.29 is 4.79 Å². The van der Waals surface area contributed by atoms with E-state index in [1.165, 1.54) is 29.7 Å². The predicted octanol–water partition coefficient (Wildman–Crippen LogP) is 3.05. The lowest BCUT2D eigenvalue weighted by Crippen LogP contribution is -2.23. The Labute approximate surface area is 165 Å². The van der Waals surface area contributed by atoms with E-state index in [0.717, 1.165) is 43.7 Å². The predicted molar refractivity (Wildman–Crippen MR) is 111 cm³/mol. The highest BCUT2D eigenvalue weighted by atomic mass is 16.2. The normalized spacial score (nSPS) is 17.8. The van der Waals surface area contributed by atoms with Gasteiger partial charge in [-0.15, -0.1) is 0 Å². The monoisotopic (exact) mass is 377 g/mol. The zero-order valence-corrected chi connectivity index (χ0v) is 16.6. The van der Waals surface area contributed by atoms with Crippen molar-refractivity contribution in [3.63, 3.8) is 0 Å². The number of aryl methyl sites for hydroxylation is 1. The van der Waals surface area contributed by atoms with E-state index in [9.17, 15) is 4.79 Å². The Hall–Kier alpha value is -2.73. The second kappa shape index (κ2) is 8.10. The zero-order chi connectivity index (χ0) is 19.5. The van der Waals surface area contributed by atoms with E-state index >= 15 is 0 Å². The first-order valence-corrected chi connectivity index (χ1v) is 10.2. The number of hydrogen-bond acceptors (Lipinski definition) is 4. The van der Waals surface area contributed by atoms with E-state index < -0.39 is 0 Å². The molecule has 3 heterocycles. The molecule has 6 heteroatoms. The molecule has 2 aromatic heterocycles. The van der Waals surface area contributed by atoms with E-state index in [0.29, 0.717) is 11.3 Å². The first-order chi connectivity index (χ1) is 13.7. The Bertz CT molecular complexity index is 922. The fourth-order valence-corrected chi connectivity index (χ4v) is 4.09. The molecule has 4 rings (SSSR count). The number of fused-ring (bicyclic) bond motifs is 1. The third kappa shape index (κ3) is 3.52. The summed E-state index contributed by atoms with van der Waals surface area (Å²) in [6.45, 7) is 7.31. The highest BCUT2D eigenvalue weighted by Crippen LogP contribution is 2.30. The molecule has 0 bridgehead atoms. The van der Waals surface area contributed by atoms with E-state index in [4.69, 9.17) is 0 Å². The van der Waals surface area contributed by atoms with Crippen LogP contribution in [0.15, 0.2) is 35.2 Å². The number of aromatic amines is 1. The molecule has 0 unspecified atom stereocenters. The minimum Gasteiger partial charge on any atom is -0.358 e. The Kier molecular flexibility index (Phi) is 5.39. The van der Waals surface area contributed by atoms with Gasteiger partial charge in [0.25, 0.3) is 5.91 Å². The lowest BCUT2D eigenvalue weighted by atomic mass is 9.93. The molecule has 2 aromatic rings. The number of nitrogens with zero attached hydrogens (tertiary/aromatic N) is 3. The highest BCUT2D eigenvalue weighted by molar-refractivity contribution is 6.33. The van der Waals surface area contributed by atoms with Crippen molar-refractivity contribution in [2.24, 2.45) is 5.10 Å². The standard InChI is InChI=1S/C22H27N5O/c1-3-27(4-2)14-18-16-9-5-6-10-19(16)24-20(18)12-17-21(25-26-22(17)28)15-8-7-11-23-13-15/h7-8,11-13,24H,3-6,9-10,14H2,1-2H3,(H,26,28)/b17-12+. The van der Waals surface area contributed by atoms with Crippen molar-refractivity contribution in [3.05, 3.63) is 58.2 Å². The van der Waals surface area contributed by atoms with E-state index in [2.05, 4.69) is 39.2 Å². The van der Waals surface area contributed by atoms with Crippen LogP contribution in [0.5, 0.6) is 0 Å². The van der Waals surface area contributed by atoms with Crippen molar-refractivity contribution >= 4 is 17.7 Å². The molecular weight excluding hydrogens is 350 g/mol. The second-order valence-corrected chi connectivity index (χ2v) is 7.34. The quantitative estimate of drug-likeness (QED) is 0.760. The molecular formula is C22H27N5O. The summed E-state index contributed by atoms with van der Waals surface area (Å²) in [6.07, 6.45) is 10.1. The van der Waals surface area contributed by atoms with Crippen LogP contribution in [0.1, 0.15) is 54.8 Å². The lowest BCUT2D eigenvalue weighted by molar-refractivity contribution is -0.116. The topological polar surface area (TPSA) is 73.4 Å². The minimum absolute atomic E-state index is 0.166. The molecule has 2 N–H and O–H groups in total.